The second kappa shape index (κ2) is 5.90. The molecular weight excluding hydrogens is 278 g/mol. The van der Waals surface area contributed by atoms with E-state index >= 15 is 0 Å². The molecule has 7 heteroatoms. The molecule has 0 heterocycles. The molecule has 0 bridgehead atoms. The normalized spacial score (nSPS) is 13.8. The largest absolute Gasteiger partial charge is 0.348 e. The number of hydrogen-bond acceptors (Lipinski definition) is 4. The van der Waals surface area contributed by atoms with Crippen molar-refractivity contribution in [3.8, 4) is 0 Å². The van der Waals surface area contributed by atoms with E-state index in [4.69, 9.17) is 5.14 Å². The van der Waals surface area contributed by atoms with Crippen molar-refractivity contribution in [2.24, 2.45) is 5.14 Å². The van der Waals surface area contributed by atoms with Crippen molar-refractivity contribution in [2.45, 2.75) is 37.2 Å². The van der Waals surface area contributed by atoms with Gasteiger partial charge >= 0.3 is 0 Å². The fourth-order valence-corrected chi connectivity index (χ4v) is 2.04. The van der Waals surface area contributed by atoms with E-state index in [0.717, 1.165) is 5.56 Å². The van der Waals surface area contributed by atoms with Crippen LogP contribution >= 0.6 is 0 Å². The Balaban J connectivity index is 2.84. The van der Waals surface area contributed by atoms with Crippen LogP contribution in [0.1, 0.15) is 32.4 Å². The highest BCUT2D eigenvalue weighted by Gasteiger charge is 2.26. The van der Waals surface area contributed by atoms with Gasteiger partial charge in [-0.2, -0.15) is 0 Å². The molecule has 0 aromatic heterocycles. The zero-order valence-electron chi connectivity index (χ0n) is 12.1. The number of likely N-dealkylation sites (N-methyl/N-ethyl adjacent to an activating group) is 1. The van der Waals surface area contributed by atoms with Crippen LogP contribution in [0.2, 0.25) is 0 Å². The molecule has 0 spiro atoms. The maximum Gasteiger partial charge on any atom is 0.240 e. The number of primary sulfonamides is 1. The maximum atomic E-state index is 12.0. The summed E-state index contributed by atoms with van der Waals surface area (Å²) in [6.45, 7) is 5.38. The molecule has 0 aliphatic carbocycles. The topological polar surface area (TPSA) is 101 Å². The van der Waals surface area contributed by atoms with Gasteiger partial charge in [-0.1, -0.05) is 12.1 Å². The lowest BCUT2D eigenvalue weighted by molar-refractivity contribution is -0.126. The van der Waals surface area contributed by atoms with Crippen molar-refractivity contribution < 1.29 is 13.2 Å². The summed E-state index contributed by atoms with van der Waals surface area (Å²) >= 11 is 0. The zero-order valence-corrected chi connectivity index (χ0v) is 12.9. The summed E-state index contributed by atoms with van der Waals surface area (Å²) in [5.41, 5.74) is 0.132. The first-order chi connectivity index (χ1) is 9.08. The lowest BCUT2D eigenvalue weighted by Gasteiger charge is -2.25. The zero-order chi connectivity index (χ0) is 15.6. The second-order valence-corrected chi connectivity index (χ2v) is 6.75. The Morgan fingerprint density at radius 3 is 2.15 bits per heavy atom. The van der Waals surface area contributed by atoms with Crippen LogP contribution in [0.15, 0.2) is 29.2 Å². The van der Waals surface area contributed by atoms with Crippen LogP contribution in [0.5, 0.6) is 0 Å². The molecule has 1 amide bonds. The third kappa shape index (κ3) is 4.03. The highest BCUT2D eigenvalue weighted by Crippen LogP contribution is 2.16. The van der Waals surface area contributed by atoms with Gasteiger partial charge in [0.2, 0.25) is 15.9 Å². The highest BCUT2D eigenvalue weighted by atomic mass is 32.2. The minimum Gasteiger partial charge on any atom is -0.348 e. The molecule has 4 N–H and O–H groups in total. The van der Waals surface area contributed by atoms with E-state index in [-0.39, 0.29) is 16.8 Å². The second-order valence-electron chi connectivity index (χ2n) is 5.18. The van der Waals surface area contributed by atoms with E-state index in [9.17, 15) is 13.2 Å². The van der Waals surface area contributed by atoms with Crippen LogP contribution < -0.4 is 15.8 Å². The van der Waals surface area contributed by atoms with Gasteiger partial charge in [0.15, 0.2) is 0 Å². The summed E-state index contributed by atoms with van der Waals surface area (Å²) in [6, 6.07) is 5.89. The van der Waals surface area contributed by atoms with E-state index in [1.807, 2.05) is 6.92 Å². The number of nitrogens with one attached hydrogen (secondary N) is 2. The fourth-order valence-electron chi connectivity index (χ4n) is 1.52. The predicted octanol–water partition coefficient (Wildman–Crippen LogP) is 0.509. The first kappa shape index (κ1) is 16.6. The Morgan fingerprint density at radius 2 is 1.75 bits per heavy atom. The molecule has 0 fully saturated rings. The molecule has 1 aromatic rings. The third-order valence-electron chi connectivity index (χ3n) is 3.25. The summed E-state index contributed by atoms with van der Waals surface area (Å²) in [4.78, 5) is 12.1. The number of hydrogen-bond donors (Lipinski definition) is 3. The quantitative estimate of drug-likeness (QED) is 0.737. The van der Waals surface area contributed by atoms with Gasteiger partial charge in [-0.15, -0.1) is 0 Å². The van der Waals surface area contributed by atoms with Crippen LogP contribution in [0, 0.1) is 0 Å². The Labute approximate surface area is 119 Å². The lowest BCUT2D eigenvalue weighted by Crippen LogP contribution is -2.51. The number of benzene rings is 1. The van der Waals surface area contributed by atoms with E-state index in [1.165, 1.54) is 12.1 Å². The Morgan fingerprint density at radius 1 is 1.25 bits per heavy atom. The molecule has 20 heavy (non-hydrogen) atoms. The van der Waals surface area contributed by atoms with Crippen molar-refractivity contribution in [3.05, 3.63) is 29.8 Å². The smallest absolute Gasteiger partial charge is 0.240 e. The third-order valence-corrected chi connectivity index (χ3v) is 4.18. The molecule has 0 saturated carbocycles. The van der Waals surface area contributed by atoms with Crippen molar-refractivity contribution in [2.75, 3.05) is 7.05 Å². The predicted molar refractivity (Wildman–Crippen MR) is 77.5 cm³/mol. The van der Waals surface area contributed by atoms with Crippen molar-refractivity contribution in [3.63, 3.8) is 0 Å². The number of nitrogens with two attached hydrogens (primary N) is 1. The van der Waals surface area contributed by atoms with Crippen LogP contribution in [0.3, 0.4) is 0 Å². The van der Waals surface area contributed by atoms with Gasteiger partial charge in [0.1, 0.15) is 0 Å². The van der Waals surface area contributed by atoms with Crippen LogP contribution in [-0.2, 0) is 14.8 Å². The Kier molecular flexibility index (Phi) is 4.90. The van der Waals surface area contributed by atoms with E-state index < -0.39 is 15.6 Å². The molecule has 6 nitrogen and oxygen atoms in total. The Hall–Kier alpha value is -1.44. The van der Waals surface area contributed by atoms with Gasteiger partial charge in [0.25, 0.3) is 0 Å². The highest BCUT2D eigenvalue weighted by molar-refractivity contribution is 7.89. The van der Waals surface area contributed by atoms with Crippen LogP contribution in [-0.4, -0.2) is 26.9 Å². The summed E-state index contributed by atoms with van der Waals surface area (Å²) in [7, 11) is -1.98. The van der Waals surface area contributed by atoms with Crippen molar-refractivity contribution in [1.29, 1.82) is 0 Å². The number of carbonyl (C=O) groups excluding carboxylic acids is 1. The molecule has 0 aliphatic heterocycles. The summed E-state index contributed by atoms with van der Waals surface area (Å²) in [6.07, 6.45) is 0. The van der Waals surface area contributed by atoms with Crippen molar-refractivity contribution >= 4 is 15.9 Å². The molecule has 0 radical (unpaired) electrons. The van der Waals surface area contributed by atoms with Crippen molar-refractivity contribution in [1.82, 2.24) is 10.6 Å². The number of rotatable bonds is 5. The number of carbonyl (C=O) groups is 1. The number of amides is 1. The molecular formula is C13H21N3O3S. The van der Waals surface area contributed by atoms with E-state index in [2.05, 4.69) is 10.6 Å². The summed E-state index contributed by atoms with van der Waals surface area (Å²) in [5.74, 6) is -0.136. The fraction of sp³-hybridized carbons (Fsp3) is 0.462. The van der Waals surface area contributed by atoms with Gasteiger partial charge in [-0.25, -0.2) is 13.6 Å². The molecule has 1 aromatic carbocycles. The van der Waals surface area contributed by atoms with Gasteiger partial charge in [-0.3, -0.25) is 4.79 Å². The Bertz CT molecular complexity index is 579. The van der Waals surface area contributed by atoms with E-state index in [0.29, 0.717) is 0 Å². The SMILES string of the molecule is CNC(C)(C)C(=O)NC(C)c1ccc(S(N)(=O)=O)cc1. The van der Waals surface area contributed by atoms with Gasteiger partial charge in [-0.05, 0) is 45.5 Å². The van der Waals surface area contributed by atoms with Gasteiger partial charge in [0.05, 0.1) is 16.5 Å². The first-order valence-corrected chi connectivity index (χ1v) is 7.75. The lowest BCUT2D eigenvalue weighted by atomic mass is 10.0. The maximum absolute atomic E-state index is 12.0. The van der Waals surface area contributed by atoms with Gasteiger partial charge in [0, 0.05) is 0 Å². The molecule has 1 rings (SSSR count). The molecule has 112 valence electrons. The average Bonchev–Trinajstić information content (AvgIpc) is 2.37. The van der Waals surface area contributed by atoms with Crippen LogP contribution in [0.4, 0.5) is 0 Å². The van der Waals surface area contributed by atoms with Gasteiger partial charge < -0.3 is 10.6 Å². The minimum atomic E-state index is -3.69. The molecule has 1 unspecified atom stereocenters. The standard InChI is InChI=1S/C13H21N3O3S/c1-9(16-12(17)13(2,3)15-4)10-5-7-11(8-6-10)20(14,18)19/h5-9,15H,1-4H3,(H,16,17)(H2,14,18,19). The van der Waals surface area contributed by atoms with E-state index in [1.54, 1.807) is 33.0 Å². The molecule has 0 saturated heterocycles. The summed E-state index contributed by atoms with van der Waals surface area (Å²) < 4.78 is 22.3. The molecule has 0 aliphatic rings. The van der Waals surface area contributed by atoms with Crippen LogP contribution in [0.25, 0.3) is 0 Å². The number of sulfonamides is 1. The summed E-state index contributed by atoms with van der Waals surface area (Å²) in [5, 5.41) is 10.8. The average molecular weight is 299 g/mol. The minimum absolute atomic E-state index is 0.0512. The molecule has 1 atom stereocenters. The monoisotopic (exact) mass is 299 g/mol. The first-order valence-electron chi connectivity index (χ1n) is 6.20.